The molecule has 1 rings (SSSR count). The van der Waals surface area contributed by atoms with E-state index >= 15 is 0 Å². The highest BCUT2D eigenvalue weighted by atomic mass is 16.5. The summed E-state index contributed by atoms with van der Waals surface area (Å²) >= 11 is 0. The third-order valence-electron chi connectivity index (χ3n) is 1.49. The molecular weight excluding hydrogens is 168 g/mol. The molecule has 0 radical (unpaired) electrons. The van der Waals surface area contributed by atoms with Crippen molar-refractivity contribution in [3.63, 3.8) is 0 Å². The predicted octanol–water partition coefficient (Wildman–Crippen LogP) is 0.738. The van der Waals surface area contributed by atoms with Crippen molar-refractivity contribution in [3.8, 4) is 5.88 Å². The van der Waals surface area contributed by atoms with Crippen LogP contribution in [0.2, 0.25) is 0 Å². The van der Waals surface area contributed by atoms with Gasteiger partial charge in [0.25, 0.3) is 0 Å². The Morgan fingerprint density at radius 2 is 2.00 bits per heavy atom. The first-order chi connectivity index (χ1) is 6.15. The van der Waals surface area contributed by atoms with Crippen molar-refractivity contribution in [1.29, 1.82) is 0 Å². The zero-order valence-corrected chi connectivity index (χ0v) is 7.87. The van der Waals surface area contributed by atoms with Crippen LogP contribution >= 0.6 is 0 Å². The van der Waals surface area contributed by atoms with Gasteiger partial charge < -0.3 is 16.2 Å². The molecule has 0 aromatic carbocycles. The minimum absolute atomic E-state index is 0.276. The van der Waals surface area contributed by atoms with E-state index in [0.717, 1.165) is 6.42 Å². The quantitative estimate of drug-likeness (QED) is 0.719. The summed E-state index contributed by atoms with van der Waals surface area (Å²) in [7, 11) is 0. The van der Waals surface area contributed by atoms with Crippen LogP contribution < -0.4 is 16.2 Å². The Morgan fingerprint density at radius 3 is 2.62 bits per heavy atom. The van der Waals surface area contributed by atoms with Gasteiger partial charge in [-0.2, -0.15) is 4.98 Å². The largest absolute Gasteiger partial charge is 0.476 e. The Hall–Kier alpha value is -1.52. The van der Waals surface area contributed by atoms with Crippen LogP contribution in [0.5, 0.6) is 5.88 Å². The molecule has 1 aromatic heterocycles. The van der Waals surface area contributed by atoms with E-state index in [4.69, 9.17) is 16.2 Å². The summed E-state index contributed by atoms with van der Waals surface area (Å²) in [6.45, 7) is 4.34. The Morgan fingerprint density at radius 1 is 1.31 bits per heavy atom. The third kappa shape index (κ3) is 2.21. The first-order valence-corrected chi connectivity index (χ1v) is 4.17. The van der Waals surface area contributed by atoms with E-state index in [2.05, 4.69) is 9.97 Å². The van der Waals surface area contributed by atoms with Gasteiger partial charge in [0.1, 0.15) is 11.5 Å². The van der Waals surface area contributed by atoms with Gasteiger partial charge in [-0.1, -0.05) is 6.92 Å². The smallest absolute Gasteiger partial charge is 0.242 e. The number of nitrogens with two attached hydrogens (primary N) is 2. The van der Waals surface area contributed by atoms with E-state index in [-0.39, 0.29) is 5.82 Å². The molecule has 0 fully saturated rings. The number of hydrogen-bond acceptors (Lipinski definition) is 5. The molecule has 1 aromatic rings. The zero-order valence-electron chi connectivity index (χ0n) is 7.87. The number of rotatable bonds is 3. The second kappa shape index (κ2) is 3.93. The van der Waals surface area contributed by atoms with Crippen molar-refractivity contribution >= 4 is 11.5 Å². The molecule has 0 atom stereocenters. The molecule has 5 nitrogen and oxygen atoms in total. The van der Waals surface area contributed by atoms with Crippen LogP contribution in [0.15, 0.2) is 0 Å². The van der Waals surface area contributed by atoms with Gasteiger partial charge in [0, 0.05) is 0 Å². The van der Waals surface area contributed by atoms with Gasteiger partial charge in [-0.05, 0) is 13.3 Å². The number of anilines is 2. The van der Waals surface area contributed by atoms with Crippen LogP contribution in [0.3, 0.4) is 0 Å². The molecule has 0 bridgehead atoms. The Kier molecular flexibility index (Phi) is 2.89. The summed E-state index contributed by atoms with van der Waals surface area (Å²) in [6, 6.07) is 0. The summed E-state index contributed by atoms with van der Waals surface area (Å²) < 4.78 is 5.29. The Bertz CT molecular complexity index is 300. The number of aryl methyl sites for hydroxylation is 1. The SMILES string of the molecule is CCCOc1nc(C)nc(N)c1N. The second-order valence-electron chi connectivity index (χ2n) is 2.72. The van der Waals surface area contributed by atoms with Crippen LogP contribution in [0.25, 0.3) is 0 Å². The van der Waals surface area contributed by atoms with Crippen LogP contribution in [0, 0.1) is 6.92 Å². The summed E-state index contributed by atoms with van der Waals surface area (Å²) in [5, 5.41) is 0. The lowest BCUT2D eigenvalue weighted by Gasteiger charge is -2.08. The topological polar surface area (TPSA) is 87.0 Å². The van der Waals surface area contributed by atoms with Gasteiger partial charge >= 0.3 is 0 Å². The highest BCUT2D eigenvalue weighted by molar-refractivity contribution is 5.64. The third-order valence-corrected chi connectivity index (χ3v) is 1.49. The van der Waals surface area contributed by atoms with Crippen LogP contribution in [0.4, 0.5) is 11.5 Å². The van der Waals surface area contributed by atoms with Gasteiger partial charge in [0.2, 0.25) is 5.88 Å². The minimum Gasteiger partial charge on any atom is -0.476 e. The molecule has 0 amide bonds. The monoisotopic (exact) mass is 182 g/mol. The molecular formula is C8H14N4O. The van der Waals surface area contributed by atoms with E-state index in [1.165, 1.54) is 0 Å². The Labute approximate surface area is 77.1 Å². The highest BCUT2D eigenvalue weighted by Crippen LogP contribution is 2.23. The standard InChI is InChI=1S/C8H14N4O/c1-3-4-13-8-6(9)7(10)11-5(2)12-8/h3-4,9H2,1-2H3,(H2,10,11,12). The maximum atomic E-state index is 5.62. The van der Waals surface area contributed by atoms with Crippen molar-refractivity contribution in [3.05, 3.63) is 5.82 Å². The summed E-state index contributed by atoms with van der Waals surface area (Å²) in [4.78, 5) is 7.94. The van der Waals surface area contributed by atoms with Gasteiger partial charge in [0.15, 0.2) is 5.82 Å². The predicted molar refractivity (Wildman–Crippen MR) is 51.4 cm³/mol. The molecule has 0 aliphatic rings. The molecule has 0 aliphatic heterocycles. The molecule has 0 aliphatic carbocycles. The lowest BCUT2D eigenvalue weighted by molar-refractivity contribution is 0.306. The lowest BCUT2D eigenvalue weighted by Crippen LogP contribution is -2.07. The fourth-order valence-electron chi connectivity index (χ4n) is 0.885. The zero-order chi connectivity index (χ0) is 9.84. The highest BCUT2D eigenvalue weighted by Gasteiger charge is 2.07. The van der Waals surface area contributed by atoms with Crippen molar-refractivity contribution in [2.24, 2.45) is 0 Å². The van der Waals surface area contributed by atoms with Crippen molar-refractivity contribution in [2.45, 2.75) is 20.3 Å². The van der Waals surface area contributed by atoms with E-state index in [1.54, 1.807) is 6.92 Å². The van der Waals surface area contributed by atoms with Gasteiger partial charge in [-0.25, -0.2) is 4.98 Å². The fraction of sp³-hybridized carbons (Fsp3) is 0.500. The molecule has 1 heterocycles. The van der Waals surface area contributed by atoms with Crippen molar-refractivity contribution in [1.82, 2.24) is 9.97 Å². The van der Waals surface area contributed by atoms with Crippen LogP contribution in [0.1, 0.15) is 19.2 Å². The Balaban J connectivity index is 2.92. The number of nitrogen functional groups attached to an aromatic ring is 2. The second-order valence-corrected chi connectivity index (χ2v) is 2.72. The first kappa shape index (κ1) is 9.57. The molecule has 0 spiro atoms. The summed E-state index contributed by atoms with van der Waals surface area (Å²) in [5.41, 5.74) is 11.5. The van der Waals surface area contributed by atoms with Crippen molar-refractivity contribution in [2.75, 3.05) is 18.1 Å². The summed E-state index contributed by atoms with van der Waals surface area (Å²) in [6.07, 6.45) is 0.905. The first-order valence-electron chi connectivity index (χ1n) is 4.17. The average molecular weight is 182 g/mol. The van der Waals surface area contributed by atoms with Gasteiger partial charge in [-0.15, -0.1) is 0 Å². The normalized spacial score (nSPS) is 10.0. The number of hydrogen-bond donors (Lipinski definition) is 2. The van der Waals surface area contributed by atoms with Crippen molar-refractivity contribution < 1.29 is 4.74 Å². The van der Waals surface area contributed by atoms with Crippen LogP contribution in [-0.4, -0.2) is 16.6 Å². The van der Waals surface area contributed by atoms with E-state index in [9.17, 15) is 0 Å². The average Bonchev–Trinajstić information content (AvgIpc) is 2.09. The number of ether oxygens (including phenoxy) is 1. The summed E-state index contributed by atoms with van der Waals surface area (Å²) in [5.74, 6) is 1.23. The molecule has 13 heavy (non-hydrogen) atoms. The molecule has 0 saturated heterocycles. The van der Waals surface area contributed by atoms with Crippen LogP contribution in [-0.2, 0) is 0 Å². The minimum atomic E-state index is 0.276. The number of aromatic nitrogens is 2. The molecule has 0 saturated carbocycles. The van der Waals surface area contributed by atoms with E-state index < -0.39 is 0 Å². The molecule has 0 unspecified atom stereocenters. The molecule has 72 valence electrons. The molecule has 4 N–H and O–H groups in total. The van der Waals surface area contributed by atoms with Gasteiger partial charge in [-0.3, -0.25) is 0 Å². The fourth-order valence-corrected chi connectivity index (χ4v) is 0.885. The maximum absolute atomic E-state index is 5.62. The molecule has 5 heteroatoms. The van der Waals surface area contributed by atoms with E-state index in [1.807, 2.05) is 6.92 Å². The lowest BCUT2D eigenvalue weighted by atomic mass is 10.4. The number of nitrogens with zero attached hydrogens (tertiary/aromatic N) is 2. The maximum Gasteiger partial charge on any atom is 0.242 e. The van der Waals surface area contributed by atoms with E-state index in [0.29, 0.717) is 24.0 Å². The van der Waals surface area contributed by atoms with Gasteiger partial charge in [0.05, 0.1) is 6.61 Å².